The maximum Gasteiger partial charge on any atom is 0.382 e. The molecule has 0 aliphatic rings. The summed E-state index contributed by atoms with van der Waals surface area (Å²) in [7, 11) is 0. The first-order valence-electron chi connectivity index (χ1n) is 6.59. The number of benzene rings is 2. The number of aliphatic carboxylic acids is 1. The molecule has 2 aromatic carbocycles. The van der Waals surface area contributed by atoms with Crippen LogP contribution in [-0.4, -0.2) is 28.1 Å². The van der Waals surface area contributed by atoms with Crippen LogP contribution in [0.5, 0.6) is 5.75 Å². The van der Waals surface area contributed by atoms with Crippen LogP contribution in [0.25, 0.3) is 0 Å². The fraction of sp³-hybridized carbons (Fsp3) is 0.125. The normalized spacial score (nSPS) is 12.5. The third kappa shape index (κ3) is 3.81. The highest BCUT2D eigenvalue weighted by Crippen LogP contribution is 2.36. The molecule has 2 N–H and O–H groups in total. The fourth-order valence-electron chi connectivity index (χ4n) is 1.91. The van der Waals surface area contributed by atoms with Crippen molar-refractivity contribution in [2.24, 2.45) is 0 Å². The highest BCUT2D eigenvalue weighted by atomic mass is 127. The van der Waals surface area contributed by atoms with Crippen molar-refractivity contribution in [3.8, 4) is 5.75 Å². The Labute approximate surface area is 149 Å². The summed E-state index contributed by atoms with van der Waals surface area (Å²) < 4.78 is 33.2. The Kier molecular flexibility index (Phi) is 5.37. The summed E-state index contributed by atoms with van der Waals surface area (Å²) in [6.45, 7) is 0. The number of hydrogen-bond acceptors (Lipinski definition) is 4. The average Bonchev–Trinajstić information content (AvgIpc) is 2.55. The van der Waals surface area contributed by atoms with Crippen LogP contribution >= 0.6 is 22.6 Å². The van der Waals surface area contributed by atoms with E-state index in [1.54, 1.807) is 6.07 Å². The van der Waals surface area contributed by atoms with Crippen LogP contribution in [0.15, 0.2) is 48.5 Å². The van der Waals surface area contributed by atoms with Crippen LogP contribution in [0.1, 0.15) is 22.0 Å². The van der Waals surface area contributed by atoms with Gasteiger partial charge in [0.1, 0.15) is 5.75 Å². The molecule has 0 aliphatic heterocycles. The summed E-state index contributed by atoms with van der Waals surface area (Å²) in [5.74, 6) is -8.11. The van der Waals surface area contributed by atoms with E-state index in [-0.39, 0.29) is 16.9 Å². The second-order valence-corrected chi connectivity index (χ2v) is 5.95. The Bertz CT molecular complexity index is 764. The predicted molar refractivity (Wildman–Crippen MR) is 88.0 cm³/mol. The van der Waals surface area contributed by atoms with E-state index in [1.165, 1.54) is 36.4 Å². The molecular weight excluding hydrogens is 437 g/mol. The molecule has 1 atom stereocenters. The van der Waals surface area contributed by atoms with Crippen molar-refractivity contribution < 1.29 is 33.3 Å². The Morgan fingerprint density at radius 2 is 1.75 bits per heavy atom. The molecule has 5 nitrogen and oxygen atoms in total. The van der Waals surface area contributed by atoms with Crippen LogP contribution in [-0.2, 0) is 9.53 Å². The van der Waals surface area contributed by atoms with Crippen molar-refractivity contribution in [3.63, 3.8) is 0 Å². The third-order valence-electron chi connectivity index (χ3n) is 3.12. The first kappa shape index (κ1) is 18.1. The number of aromatic hydroxyl groups is 1. The Morgan fingerprint density at radius 1 is 1.12 bits per heavy atom. The number of carbonyl (C=O) groups is 2. The molecule has 0 aliphatic carbocycles. The van der Waals surface area contributed by atoms with E-state index in [9.17, 15) is 23.5 Å². The van der Waals surface area contributed by atoms with Crippen molar-refractivity contribution in [1.29, 1.82) is 0 Å². The number of phenolic OH excluding ortho intramolecular Hbond substituents is 1. The standard InChI is InChI=1S/C16H11F2IO5/c17-16(18,15(22)23)13(9-4-2-1-3-5-9)24-14(21)10-6-7-11(19)12(20)8-10/h1-8,13,20H,(H,22,23). The molecular formula is C16H11F2IO5. The van der Waals surface area contributed by atoms with Gasteiger partial charge >= 0.3 is 17.9 Å². The van der Waals surface area contributed by atoms with Gasteiger partial charge in [-0.25, -0.2) is 9.59 Å². The minimum atomic E-state index is -4.32. The SMILES string of the molecule is O=C(OC(c1ccccc1)C(F)(F)C(=O)O)c1ccc(I)c(O)c1. The fourth-order valence-corrected chi connectivity index (χ4v) is 2.24. The molecule has 2 aromatic rings. The van der Waals surface area contributed by atoms with Crippen molar-refractivity contribution >= 4 is 34.5 Å². The molecule has 126 valence electrons. The van der Waals surface area contributed by atoms with Gasteiger partial charge in [-0.05, 0) is 46.4 Å². The van der Waals surface area contributed by atoms with E-state index < -0.39 is 24.0 Å². The maximum absolute atomic E-state index is 14.0. The molecule has 1 unspecified atom stereocenters. The first-order chi connectivity index (χ1) is 11.2. The quantitative estimate of drug-likeness (QED) is 0.540. The summed E-state index contributed by atoms with van der Waals surface area (Å²) in [6.07, 6.45) is -2.30. The minimum absolute atomic E-state index is 0.159. The number of alkyl halides is 2. The van der Waals surface area contributed by atoms with E-state index in [2.05, 4.69) is 0 Å². The van der Waals surface area contributed by atoms with Gasteiger partial charge < -0.3 is 14.9 Å². The lowest BCUT2D eigenvalue weighted by Gasteiger charge is -2.24. The molecule has 0 fully saturated rings. The number of phenols is 1. The Balaban J connectivity index is 2.36. The molecule has 8 heteroatoms. The molecule has 0 bridgehead atoms. The van der Waals surface area contributed by atoms with Gasteiger partial charge in [0.25, 0.3) is 0 Å². The van der Waals surface area contributed by atoms with Gasteiger partial charge in [0.15, 0.2) is 0 Å². The van der Waals surface area contributed by atoms with Crippen LogP contribution in [0.3, 0.4) is 0 Å². The van der Waals surface area contributed by atoms with Gasteiger partial charge in [-0.15, -0.1) is 0 Å². The highest BCUT2D eigenvalue weighted by Gasteiger charge is 2.51. The zero-order valence-corrected chi connectivity index (χ0v) is 14.1. The van der Waals surface area contributed by atoms with Gasteiger partial charge in [-0.1, -0.05) is 30.3 Å². The number of carboxylic acid groups (broad SMARTS) is 1. The third-order valence-corrected chi connectivity index (χ3v) is 4.04. The van der Waals surface area contributed by atoms with Crippen molar-refractivity contribution in [3.05, 3.63) is 63.2 Å². The first-order valence-corrected chi connectivity index (χ1v) is 7.67. The van der Waals surface area contributed by atoms with Crippen LogP contribution < -0.4 is 0 Å². The van der Waals surface area contributed by atoms with Crippen molar-refractivity contribution in [1.82, 2.24) is 0 Å². The number of halogens is 3. The van der Waals surface area contributed by atoms with Gasteiger partial charge in [-0.2, -0.15) is 8.78 Å². The topological polar surface area (TPSA) is 83.8 Å². The molecule has 0 saturated heterocycles. The van der Waals surface area contributed by atoms with E-state index in [0.29, 0.717) is 3.57 Å². The number of rotatable bonds is 5. The summed E-state index contributed by atoms with van der Waals surface area (Å²) in [4.78, 5) is 23.0. The zero-order valence-electron chi connectivity index (χ0n) is 11.9. The van der Waals surface area contributed by atoms with E-state index >= 15 is 0 Å². The lowest BCUT2D eigenvalue weighted by molar-refractivity contribution is -0.183. The molecule has 24 heavy (non-hydrogen) atoms. The number of hydrogen-bond donors (Lipinski definition) is 2. The minimum Gasteiger partial charge on any atom is -0.507 e. The van der Waals surface area contributed by atoms with Crippen LogP contribution in [0, 0.1) is 3.57 Å². The molecule has 0 radical (unpaired) electrons. The molecule has 0 heterocycles. The summed E-state index contributed by atoms with van der Waals surface area (Å²) in [5, 5.41) is 18.3. The monoisotopic (exact) mass is 448 g/mol. The van der Waals surface area contributed by atoms with Gasteiger partial charge in [0.05, 0.1) is 9.13 Å². The molecule has 0 aromatic heterocycles. The highest BCUT2D eigenvalue weighted by molar-refractivity contribution is 14.1. The smallest absolute Gasteiger partial charge is 0.382 e. The van der Waals surface area contributed by atoms with Crippen molar-refractivity contribution in [2.45, 2.75) is 12.0 Å². The average molecular weight is 448 g/mol. The van der Waals surface area contributed by atoms with Gasteiger partial charge in [-0.3, -0.25) is 0 Å². The van der Waals surface area contributed by atoms with Gasteiger partial charge in [0.2, 0.25) is 6.10 Å². The molecule has 2 rings (SSSR count). The number of carboxylic acids is 1. The molecule has 0 spiro atoms. The number of carbonyl (C=O) groups excluding carboxylic acids is 1. The summed E-state index contributed by atoms with van der Waals surface area (Å²) >= 11 is 1.82. The van der Waals surface area contributed by atoms with Crippen LogP contribution in [0.4, 0.5) is 8.78 Å². The van der Waals surface area contributed by atoms with Gasteiger partial charge in [0, 0.05) is 0 Å². The zero-order chi connectivity index (χ0) is 17.9. The lowest BCUT2D eigenvalue weighted by atomic mass is 10.0. The van der Waals surface area contributed by atoms with E-state index in [1.807, 2.05) is 22.6 Å². The predicted octanol–water partition coefficient (Wildman–Crippen LogP) is 3.61. The number of esters is 1. The number of ether oxygens (including phenoxy) is 1. The molecule has 0 saturated carbocycles. The summed E-state index contributed by atoms with van der Waals surface area (Å²) in [6, 6.07) is 10.6. The second kappa shape index (κ2) is 7.12. The van der Waals surface area contributed by atoms with Crippen LogP contribution in [0.2, 0.25) is 0 Å². The summed E-state index contributed by atoms with van der Waals surface area (Å²) in [5.41, 5.74) is -0.331. The van der Waals surface area contributed by atoms with E-state index in [0.717, 1.165) is 6.07 Å². The van der Waals surface area contributed by atoms with E-state index in [4.69, 9.17) is 9.84 Å². The molecule has 0 amide bonds. The Hall–Kier alpha value is -2.23. The lowest BCUT2D eigenvalue weighted by Crippen LogP contribution is -2.38. The van der Waals surface area contributed by atoms with Crippen molar-refractivity contribution in [2.75, 3.05) is 0 Å². The second-order valence-electron chi connectivity index (χ2n) is 4.79. The Morgan fingerprint density at radius 3 is 2.29 bits per heavy atom. The largest absolute Gasteiger partial charge is 0.507 e. The maximum atomic E-state index is 14.0.